The highest BCUT2D eigenvalue weighted by atomic mass is 35.7. The fourth-order valence-corrected chi connectivity index (χ4v) is 2.83. The molecule has 1 rings (SSSR count). The lowest BCUT2D eigenvalue weighted by Crippen LogP contribution is -1.89. The minimum atomic E-state index is -3.14. The van der Waals surface area contributed by atoms with Gasteiger partial charge in [0.05, 0.1) is 7.11 Å². The van der Waals surface area contributed by atoms with Crippen LogP contribution in [0.15, 0.2) is 15.7 Å². The van der Waals surface area contributed by atoms with Gasteiger partial charge in [-0.1, -0.05) is 9.80 Å². The first-order valence-corrected chi connectivity index (χ1v) is 5.90. The molecule has 0 spiro atoms. The van der Waals surface area contributed by atoms with Gasteiger partial charge in [0.2, 0.25) is 0 Å². The highest BCUT2D eigenvalue weighted by Gasteiger charge is 2.18. The van der Waals surface area contributed by atoms with E-state index in [9.17, 15) is 0 Å². The van der Waals surface area contributed by atoms with Gasteiger partial charge in [-0.25, -0.2) is 0 Å². The molecule has 0 bridgehead atoms. The molecule has 3 nitrogen and oxygen atoms in total. The maximum Gasteiger partial charge on any atom is 0.170 e. The zero-order valence-corrected chi connectivity index (χ0v) is 8.04. The van der Waals surface area contributed by atoms with Crippen molar-refractivity contribution < 1.29 is 13.8 Å². The average Bonchev–Trinajstić information content (AvgIpc) is 2.31. The molecule has 0 radical (unpaired) electrons. The van der Waals surface area contributed by atoms with E-state index in [1.165, 1.54) is 7.11 Å². The molecule has 0 atom stereocenters. The average molecular weight is 215 g/mol. The van der Waals surface area contributed by atoms with Gasteiger partial charge in [-0.3, -0.25) is 9.11 Å². The van der Waals surface area contributed by atoms with E-state index in [2.05, 4.69) is 0 Å². The summed E-state index contributed by atoms with van der Waals surface area (Å²) >= 11 is 1.16. The molecule has 0 saturated heterocycles. The van der Waals surface area contributed by atoms with E-state index in [-0.39, 0.29) is 4.21 Å². The summed E-state index contributed by atoms with van der Waals surface area (Å²) in [6, 6.07) is 1.64. The monoisotopic (exact) mass is 214 g/mol. The molecule has 0 unspecified atom stereocenters. The van der Waals surface area contributed by atoms with Crippen molar-refractivity contribution in [1.82, 2.24) is 0 Å². The molecular formula is C5H7ClO3S2. The van der Waals surface area contributed by atoms with Crippen LogP contribution < -0.4 is 4.74 Å². The van der Waals surface area contributed by atoms with E-state index >= 15 is 0 Å². The van der Waals surface area contributed by atoms with Crippen molar-refractivity contribution in [2.45, 2.75) is 4.21 Å². The number of thiophene rings is 1. The lowest BCUT2D eigenvalue weighted by Gasteiger charge is -2.21. The van der Waals surface area contributed by atoms with Crippen LogP contribution in [-0.2, 0) is 0 Å². The lowest BCUT2D eigenvalue weighted by atomic mass is 10.6. The van der Waals surface area contributed by atoms with Crippen LogP contribution in [0.25, 0.3) is 0 Å². The van der Waals surface area contributed by atoms with E-state index in [4.69, 9.17) is 24.5 Å². The molecule has 0 aromatic carbocycles. The topological polar surface area (TPSA) is 49.7 Å². The van der Waals surface area contributed by atoms with Crippen molar-refractivity contribution in [1.29, 1.82) is 0 Å². The summed E-state index contributed by atoms with van der Waals surface area (Å²) in [5.41, 5.74) is 0. The molecule has 0 fully saturated rings. The van der Waals surface area contributed by atoms with Crippen LogP contribution in [0.2, 0.25) is 0 Å². The Morgan fingerprint density at radius 1 is 1.64 bits per heavy atom. The fourth-order valence-electron chi connectivity index (χ4n) is 0.624. The Hall–Kier alpha value is 0.0600. The molecule has 0 aliphatic rings. The largest absolute Gasteiger partial charge is 0.494 e. The number of methoxy groups -OCH3 is 1. The summed E-state index contributed by atoms with van der Waals surface area (Å²) in [6.07, 6.45) is 0. The van der Waals surface area contributed by atoms with Gasteiger partial charge >= 0.3 is 0 Å². The third kappa shape index (κ3) is 2.00. The lowest BCUT2D eigenvalue weighted by molar-refractivity contribution is 0.403. The zero-order valence-electron chi connectivity index (χ0n) is 5.65. The second-order valence-electron chi connectivity index (χ2n) is 1.76. The minimum Gasteiger partial charge on any atom is -0.494 e. The fraction of sp³-hybridized carbons (Fsp3) is 0.200. The molecule has 11 heavy (non-hydrogen) atoms. The molecule has 2 N–H and O–H groups in total. The highest BCUT2D eigenvalue weighted by Crippen LogP contribution is 2.58. The van der Waals surface area contributed by atoms with Crippen molar-refractivity contribution >= 4 is 31.8 Å². The van der Waals surface area contributed by atoms with Gasteiger partial charge in [-0.15, -0.1) is 11.3 Å². The highest BCUT2D eigenvalue weighted by molar-refractivity contribution is 8.43. The first kappa shape index (κ1) is 9.15. The van der Waals surface area contributed by atoms with Gasteiger partial charge in [0.1, 0.15) is 0 Å². The van der Waals surface area contributed by atoms with Crippen LogP contribution >= 0.6 is 31.8 Å². The Morgan fingerprint density at radius 3 is 2.64 bits per heavy atom. The maximum atomic E-state index is 9.02. The third-order valence-electron chi connectivity index (χ3n) is 1.05. The molecule has 1 aromatic rings. The zero-order chi connectivity index (χ0) is 8.48. The predicted molar refractivity (Wildman–Crippen MR) is 47.8 cm³/mol. The van der Waals surface area contributed by atoms with Crippen molar-refractivity contribution in [3.63, 3.8) is 0 Å². The molecule has 0 aliphatic carbocycles. The van der Waals surface area contributed by atoms with Crippen LogP contribution in [0.3, 0.4) is 0 Å². The second kappa shape index (κ2) is 3.20. The first-order chi connectivity index (χ1) is 5.05. The van der Waals surface area contributed by atoms with E-state index in [1.807, 2.05) is 0 Å². The van der Waals surface area contributed by atoms with Gasteiger partial charge in [0, 0.05) is 10.7 Å². The summed E-state index contributed by atoms with van der Waals surface area (Å²) in [5, 5.41) is 1.69. The minimum absolute atomic E-state index is 0.279. The number of hydrogen-bond donors (Lipinski definition) is 2. The number of halogens is 1. The number of hydrogen-bond acceptors (Lipinski definition) is 4. The normalized spacial score (nSPS) is 13.1. The van der Waals surface area contributed by atoms with Crippen LogP contribution in [0, 0.1) is 0 Å². The standard InChI is InChI=1S/C5H7ClO3S2/c1-9-4-2-3-10-5(4)11(6,7)8/h2-3,7-8H,1H3. The van der Waals surface area contributed by atoms with Gasteiger partial charge < -0.3 is 4.74 Å². The smallest absolute Gasteiger partial charge is 0.170 e. The Morgan fingerprint density at radius 2 is 2.27 bits per heavy atom. The Bertz CT molecular complexity index is 242. The molecule has 0 amide bonds. The van der Waals surface area contributed by atoms with Gasteiger partial charge in [0.25, 0.3) is 0 Å². The van der Waals surface area contributed by atoms with E-state index in [0.717, 1.165) is 11.3 Å². The van der Waals surface area contributed by atoms with Crippen LogP contribution in [0.4, 0.5) is 0 Å². The Labute approximate surface area is 74.4 Å². The molecular weight excluding hydrogens is 208 g/mol. The summed E-state index contributed by atoms with van der Waals surface area (Å²) in [4.78, 5) is 0. The van der Waals surface area contributed by atoms with E-state index in [1.54, 1.807) is 11.4 Å². The quantitative estimate of drug-likeness (QED) is 0.796. The molecule has 64 valence electrons. The van der Waals surface area contributed by atoms with E-state index in [0.29, 0.717) is 5.75 Å². The molecule has 1 aromatic heterocycles. The van der Waals surface area contributed by atoms with E-state index < -0.39 is 9.80 Å². The SMILES string of the molecule is COc1ccsc1S(O)(O)Cl. The Kier molecular flexibility index (Phi) is 2.66. The molecule has 6 heteroatoms. The van der Waals surface area contributed by atoms with Crippen molar-refractivity contribution in [2.75, 3.05) is 7.11 Å². The number of ether oxygens (including phenoxy) is 1. The van der Waals surface area contributed by atoms with Crippen LogP contribution in [-0.4, -0.2) is 16.2 Å². The number of rotatable bonds is 2. The second-order valence-corrected chi connectivity index (χ2v) is 5.59. The summed E-state index contributed by atoms with van der Waals surface area (Å²) < 4.78 is 23.2. The Balaban J connectivity index is 3.02. The molecule has 0 aliphatic heterocycles. The summed E-state index contributed by atoms with van der Waals surface area (Å²) in [6.45, 7) is 0. The van der Waals surface area contributed by atoms with Crippen molar-refractivity contribution in [3.8, 4) is 5.75 Å². The van der Waals surface area contributed by atoms with Crippen molar-refractivity contribution in [3.05, 3.63) is 11.4 Å². The van der Waals surface area contributed by atoms with Gasteiger partial charge in [-0.05, 0) is 11.4 Å². The first-order valence-electron chi connectivity index (χ1n) is 2.65. The summed E-state index contributed by atoms with van der Waals surface area (Å²) in [5.74, 6) is 0.421. The summed E-state index contributed by atoms with van der Waals surface area (Å²) in [7, 11) is 3.62. The molecule has 1 heterocycles. The maximum absolute atomic E-state index is 9.02. The third-order valence-corrected chi connectivity index (χ3v) is 4.14. The van der Waals surface area contributed by atoms with Crippen LogP contribution in [0.5, 0.6) is 5.75 Å². The van der Waals surface area contributed by atoms with Gasteiger partial charge in [0.15, 0.2) is 9.96 Å². The molecule has 0 saturated carbocycles. The van der Waals surface area contributed by atoms with Gasteiger partial charge in [-0.2, -0.15) is 0 Å². The van der Waals surface area contributed by atoms with Crippen molar-refractivity contribution in [2.24, 2.45) is 0 Å². The van der Waals surface area contributed by atoms with Crippen LogP contribution in [0.1, 0.15) is 0 Å². The predicted octanol–water partition coefficient (Wildman–Crippen LogP) is 3.02.